The van der Waals surface area contributed by atoms with Crippen molar-refractivity contribution in [2.75, 3.05) is 6.54 Å². The van der Waals surface area contributed by atoms with Crippen molar-refractivity contribution < 1.29 is 5.11 Å². The Bertz CT molecular complexity index is 768. The summed E-state index contributed by atoms with van der Waals surface area (Å²) in [4.78, 5) is 0. The molecule has 5 N–H and O–H groups in total. The van der Waals surface area contributed by atoms with Crippen LogP contribution >= 0.6 is 0 Å². The van der Waals surface area contributed by atoms with Crippen molar-refractivity contribution in [3.63, 3.8) is 0 Å². The summed E-state index contributed by atoms with van der Waals surface area (Å²) in [5.74, 6) is 3.83. The molecule has 220 valence electrons. The fourth-order valence-corrected chi connectivity index (χ4v) is 9.54. The molecule has 4 fully saturated rings. The summed E-state index contributed by atoms with van der Waals surface area (Å²) in [7, 11) is 0. The molecule has 0 atom stereocenters. The number of hydrogen-bond acceptors (Lipinski definition) is 5. The normalized spacial score (nSPS) is 36.1. The van der Waals surface area contributed by atoms with Crippen LogP contribution in [-0.4, -0.2) is 45.9 Å². The SMILES string of the molecule is CC1(C)CC(C2CCC(N/C=C(\O)CNC3CCC(C4CC(C)(C)NC(C)(C)C4)CC3)CC2)CC(C)(C)N1. The second kappa shape index (κ2) is 11.6. The van der Waals surface area contributed by atoms with Gasteiger partial charge in [0.25, 0.3) is 0 Å². The van der Waals surface area contributed by atoms with Gasteiger partial charge in [-0.15, -0.1) is 0 Å². The van der Waals surface area contributed by atoms with Crippen LogP contribution < -0.4 is 21.3 Å². The predicted molar refractivity (Wildman–Crippen MR) is 161 cm³/mol. The van der Waals surface area contributed by atoms with Crippen LogP contribution in [0.15, 0.2) is 12.0 Å². The van der Waals surface area contributed by atoms with Gasteiger partial charge in [0.2, 0.25) is 0 Å². The van der Waals surface area contributed by atoms with Gasteiger partial charge in [-0.2, -0.15) is 0 Å². The zero-order valence-corrected chi connectivity index (χ0v) is 26.2. The smallest absolute Gasteiger partial charge is 0.122 e. The van der Waals surface area contributed by atoms with Crippen LogP contribution in [-0.2, 0) is 0 Å². The van der Waals surface area contributed by atoms with Crippen LogP contribution in [0.1, 0.15) is 132 Å². The Hall–Kier alpha value is -0.780. The van der Waals surface area contributed by atoms with Crippen LogP contribution in [0.4, 0.5) is 0 Å². The van der Waals surface area contributed by atoms with Crippen molar-refractivity contribution in [2.45, 2.75) is 167 Å². The Kier molecular flexibility index (Phi) is 9.22. The van der Waals surface area contributed by atoms with Gasteiger partial charge in [-0.05, 0) is 156 Å². The lowest BCUT2D eigenvalue weighted by molar-refractivity contribution is 0.0736. The first-order chi connectivity index (χ1) is 17.6. The van der Waals surface area contributed by atoms with E-state index in [0.717, 1.165) is 23.7 Å². The second-order valence-electron chi connectivity index (χ2n) is 16.5. The zero-order valence-electron chi connectivity index (χ0n) is 26.2. The van der Waals surface area contributed by atoms with E-state index in [4.69, 9.17) is 0 Å². The number of nitrogens with one attached hydrogen (secondary N) is 4. The molecule has 0 unspecified atom stereocenters. The highest BCUT2D eigenvalue weighted by atomic mass is 16.3. The first kappa shape index (κ1) is 30.2. The fourth-order valence-electron chi connectivity index (χ4n) is 9.54. The first-order valence-electron chi connectivity index (χ1n) is 16.1. The quantitative estimate of drug-likeness (QED) is 0.234. The molecule has 4 rings (SSSR count). The van der Waals surface area contributed by atoms with Gasteiger partial charge in [0, 0.05) is 40.4 Å². The Morgan fingerprint density at radius 2 is 0.974 bits per heavy atom. The molecular formula is C33H62N4O. The van der Waals surface area contributed by atoms with Crippen LogP contribution in [0.5, 0.6) is 0 Å². The minimum absolute atomic E-state index is 0.240. The zero-order chi connectivity index (χ0) is 27.8. The average Bonchev–Trinajstić information content (AvgIpc) is 2.78. The monoisotopic (exact) mass is 530 g/mol. The summed E-state index contributed by atoms with van der Waals surface area (Å²) < 4.78 is 0. The third kappa shape index (κ3) is 8.61. The maximum atomic E-state index is 10.6. The highest BCUT2D eigenvalue weighted by molar-refractivity contribution is 5.02. The molecule has 2 aliphatic heterocycles. The highest BCUT2D eigenvalue weighted by Gasteiger charge is 2.42. The molecule has 0 bridgehead atoms. The third-order valence-corrected chi connectivity index (χ3v) is 10.4. The van der Waals surface area contributed by atoms with Crippen LogP contribution in [0, 0.1) is 23.7 Å². The van der Waals surface area contributed by atoms with Gasteiger partial charge in [-0.25, -0.2) is 0 Å². The molecule has 2 aliphatic carbocycles. The Morgan fingerprint density at radius 1 is 0.605 bits per heavy atom. The molecular weight excluding hydrogens is 468 g/mol. The summed E-state index contributed by atoms with van der Waals surface area (Å²) in [5, 5.41) is 25.5. The van der Waals surface area contributed by atoms with Crippen molar-refractivity contribution in [1.82, 2.24) is 21.3 Å². The van der Waals surface area contributed by atoms with E-state index in [9.17, 15) is 5.11 Å². The predicted octanol–water partition coefficient (Wildman–Crippen LogP) is 6.80. The van der Waals surface area contributed by atoms with Gasteiger partial charge in [0.15, 0.2) is 0 Å². The van der Waals surface area contributed by atoms with Crippen molar-refractivity contribution >= 4 is 0 Å². The Morgan fingerprint density at radius 3 is 1.37 bits per heavy atom. The molecule has 5 heteroatoms. The van der Waals surface area contributed by atoms with Gasteiger partial charge in [0.05, 0.1) is 6.54 Å². The molecule has 0 aromatic heterocycles. The highest BCUT2D eigenvalue weighted by Crippen LogP contribution is 2.43. The van der Waals surface area contributed by atoms with Crippen molar-refractivity contribution in [2.24, 2.45) is 23.7 Å². The fraction of sp³-hybridized carbons (Fsp3) is 0.939. The summed E-state index contributed by atoms with van der Waals surface area (Å²) in [6.07, 6.45) is 17.3. The van der Waals surface area contributed by atoms with E-state index in [1.54, 1.807) is 0 Å². The minimum atomic E-state index is 0.240. The van der Waals surface area contributed by atoms with E-state index >= 15 is 0 Å². The second-order valence-corrected chi connectivity index (χ2v) is 16.5. The molecule has 2 heterocycles. The molecule has 0 aromatic carbocycles. The summed E-state index contributed by atoms with van der Waals surface area (Å²) in [6, 6.07) is 1.04. The number of piperidine rings is 2. The van der Waals surface area contributed by atoms with E-state index in [1.165, 1.54) is 77.0 Å². The standard InChI is InChI=1S/C33H62N4O/c1-30(2)17-25(18-31(3,4)36-30)23-9-13-27(14-10-23)34-21-29(38)22-35-28-15-11-24(12-16-28)26-19-32(5,6)37-33(7,8)20-26/h21,23-28,34-38H,9-20,22H2,1-8H3/b29-21-. The summed E-state index contributed by atoms with van der Waals surface area (Å²) in [5.41, 5.74) is 0.962. The number of aliphatic hydroxyl groups is 1. The van der Waals surface area contributed by atoms with Gasteiger partial charge >= 0.3 is 0 Å². The molecule has 2 saturated heterocycles. The number of rotatable bonds is 7. The van der Waals surface area contributed by atoms with Gasteiger partial charge in [0.1, 0.15) is 5.76 Å². The lowest BCUT2D eigenvalue weighted by Gasteiger charge is -2.49. The van der Waals surface area contributed by atoms with Crippen molar-refractivity contribution in [3.05, 3.63) is 12.0 Å². The lowest BCUT2D eigenvalue weighted by atomic mass is 9.67. The molecule has 4 aliphatic rings. The molecule has 0 aromatic rings. The molecule has 0 amide bonds. The maximum Gasteiger partial charge on any atom is 0.122 e. The molecule has 5 nitrogen and oxygen atoms in total. The minimum Gasteiger partial charge on any atom is -0.509 e. The van der Waals surface area contributed by atoms with Crippen LogP contribution in [0.3, 0.4) is 0 Å². The van der Waals surface area contributed by atoms with Crippen LogP contribution in [0.25, 0.3) is 0 Å². The molecule has 2 saturated carbocycles. The van der Waals surface area contributed by atoms with E-state index in [1.807, 2.05) is 6.20 Å². The van der Waals surface area contributed by atoms with E-state index in [2.05, 4.69) is 76.7 Å². The summed E-state index contributed by atoms with van der Waals surface area (Å²) >= 11 is 0. The summed E-state index contributed by atoms with van der Waals surface area (Å²) in [6.45, 7) is 19.6. The molecule has 38 heavy (non-hydrogen) atoms. The topological polar surface area (TPSA) is 68.3 Å². The van der Waals surface area contributed by atoms with Gasteiger partial charge in [-0.3, -0.25) is 0 Å². The third-order valence-electron chi connectivity index (χ3n) is 10.4. The van der Waals surface area contributed by atoms with Crippen LogP contribution in [0.2, 0.25) is 0 Å². The first-order valence-corrected chi connectivity index (χ1v) is 16.1. The Balaban J connectivity index is 1.14. The van der Waals surface area contributed by atoms with Gasteiger partial charge in [-0.1, -0.05) is 0 Å². The largest absolute Gasteiger partial charge is 0.509 e. The molecule has 0 radical (unpaired) electrons. The molecule has 0 spiro atoms. The lowest BCUT2D eigenvalue weighted by Crippen LogP contribution is -2.58. The van der Waals surface area contributed by atoms with E-state index in [0.29, 0.717) is 24.4 Å². The number of aliphatic hydroxyl groups excluding tert-OH is 1. The average molecular weight is 531 g/mol. The van der Waals surface area contributed by atoms with E-state index in [-0.39, 0.29) is 22.2 Å². The van der Waals surface area contributed by atoms with E-state index < -0.39 is 0 Å². The van der Waals surface area contributed by atoms with Crippen molar-refractivity contribution in [1.29, 1.82) is 0 Å². The van der Waals surface area contributed by atoms with Gasteiger partial charge < -0.3 is 26.4 Å². The van der Waals surface area contributed by atoms with Crippen molar-refractivity contribution in [3.8, 4) is 0 Å². The number of hydrogen-bond donors (Lipinski definition) is 5. The maximum absolute atomic E-state index is 10.6. The Labute approximate surface area is 235 Å².